The summed E-state index contributed by atoms with van der Waals surface area (Å²) in [6.07, 6.45) is 0.900. The molecule has 2 aromatic rings. The molecule has 124 valence electrons. The van der Waals surface area contributed by atoms with Crippen molar-refractivity contribution in [2.24, 2.45) is 0 Å². The maximum atomic E-state index is 9.23. The monoisotopic (exact) mass is 441 g/mol. The Bertz CT molecular complexity index is 593. The number of nitrogens with one attached hydrogen (secondary N) is 1. The Morgan fingerprint density at radius 1 is 1.09 bits per heavy atom. The molecule has 0 fully saturated rings. The molecule has 0 saturated carbocycles. The number of hydrogen-bond donors (Lipinski definition) is 2. The highest BCUT2D eigenvalue weighted by Crippen LogP contribution is 2.35. The van der Waals surface area contributed by atoms with E-state index >= 15 is 0 Å². The minimum Gasteiger partial charge on any atom is -0.487 e. The van der Waals surface area contributed by atoms with Gasteiger partial charge in [0.2, 0.25) is 0 Å². The Hall–Kier alpha value is -0.880. The van der Waals surface area contributed by atoms with E-state index in [9.17, 15) is 5.11 Å². The Morgan fingerprint density at radius 3 is 2.30 bits per heavy atom. The quantitative estimate of drug-likeness (QED) is 0.625. The number of halogens is 2. The van der Waals surface area contributed by atoms with Crippen LogP contribution in [-0.2, 0) is 13.2 Å². The molecule has 1 atom stereocenters. The van der Waals surface area contributed by atoms with Crippen molar-refractivity contribution < 1.29 is 9.84 Å². The first-order valence-electron chi connectivity index (χ1n) is 7.63. The van der Waals surface area contributed by atoms with Gasteiger partial charge >= 0.3 is 0 Å². The third-order valence-corrected chi connectivity index (χ3v) is 4.77. The lowest BCUT2D eigenvalue weighted by molar-refractivity contribution is 0.238. The highest BCUT2D eigenvalue weighted by atomic mass is 79.9. The third-order valence-electron chi connectivity index (χ3n) is 3.59. The molecule has 2 N–H and O–H groups in total. The molecule has 0 heterocycles. The maximum Gasteiger partial charge on any atom is 0.148 e. The molecule has 0 unspecified atom stereocenters. The number of hydrogen-bond acceptors (Lipinski definition) is 3. The molecule has 0 aromatic heterocycles. The van der Waals surface area contributed by atoms with E-state index in [0.717, 1.165) is 32.2 Å². The van der Waals surface area contributed by atoms with Crippen molar-refractivity contribution in [3.05, 3.63) is 62.5 Å². The smallest absolute Gasteiger partial charge is 0.148 e. The Balaban J connectivity index is 2.02. The topological polar surface area (TPSA) is 41.5 Å². The van der Waals surface area contributed by atoms with Gasteiger partial charge in [-0.15, -0.1) is 0 Å². The Morgan fingerprint density at radius 2 is 1.74 bits per heavy atom. The number of benzene rings is 2. The molecule has 0 aliphatic rings. The predicted molar refractivity (Wildman–Crippen MR) is 101 cm³/mol. The van der Waals surface area contributed by atoms with Crippen LogP contribution in [0.2, 0.25) is 0 Å². The zero-order valence-corrected chi connectivity index (χ0v) is 16.2. The van der Waals surface area contributed by atoms with E-state index in [1.165, 1.54) is 0 Å². The zero-order valence-electron chi connectivity index (χ0n) is 13.1. The summed E-state index contributed by atoms with van der Waals surface area (Å²) in [6, 6.07) is 14.3. The molecule has 0 spiro atoms. The first-order valence-corrected chi connectivity index (χ1v) is 9.21. The highest BCUT2D eigenvalue weighted by Gasteiger charge is 2.11. The molecule has 5 heteroatoms. The average Bonchev–Trinajstić information content (AvgIpc) is 2.56. The largest absolute Gasteiger partial charge is 0.487 e. The van der Waals surface area contributed by atoms with Gasteiger partial charge in [0.05, 0.1) is 15.6 Å². The zero-order chi connectivity index (χ0) is 16.7. The van der Waals surface area contributed by atoms with Gasteiger partial charge in [0, 0.05) is 12.6 Å². The van der Waals surface area contributed by atoms with Crippen molar-refractivity contribution in [2.75, 3.05) is 6.61 Å². The van der Waals surface area contributed by atoms with Crippen LogP contribution in [0.3, 0.4) is 0 Å². The molecule has 0 aliphatic heterocycles. The first kappa shape index (κ1) is 18.5. The fourth-order valence-electron chi connectivity index (χ4n) is 2.18. The molecule has 0 radical (unpaired) electrons. The van der Waals surface area contributed by atoms with Gasteiger partial charge in [0.25, 0.3) is 0 Å². The third kappa shape index (κ3) is 5.60. The summed E-state index contributed by atoms with van der Waals surface area (Å²) >= 11 is 7.16. The van der Waals surface area contributed by atoms with Crippen LogP contribution >= 0.6 is 31.9 Å². The second kappa shape index (κ2) is 9.42. The number of aliphatic hydroxyl groups excluding tert-OH is 1. The fraction of sp³-hybridized carbons (Fsp3) is 0.333. The van der Waals surface area contributed by atoms with Crippen LogP contribution in [-0.4, -0.2) is 17.8 Å². The predicted octanol–water partition coefficient (Wildman–Crippen LogP) is 4.65. The van der Waals surface area contributed by atoms with Crippen LogP contribution in [0.15, 0.2) is 51.4 Å². The number of ether oxygens (including phenoxy) is 1. The van der Waals surface area contributed by atoms with E-state index in [4.69, 9.17) is 4.74 Å². The van der Waals surface area contributed by atoms with E-state index in [1.54, 1.807) is 0 Å². The van der Waals surface area contributed by atoms with Gasteiger partial charge in [-0.2, -0.15) is 0 Å². The van der Waals surface area contributed by atoms with E-state index in [1.807, 2.05) is 42.5 Å². The second-order valence-corrected chi connectivity index (χ2v) is 7.04. The molecule has 0 amide bonds. The Kier molecular flexibility index (Phi) is 7.56. The SMILES string of the molecule is CC[C@@H](CO)NCc1cc(Br)c(OCc2ccccc2)c(Br)c1. The summed E-state index contributed by atoms with van der Waals surface area (Å²) in [7, 11) is 0. The highest BCUT2D eigenvalue weighted by molar-refractivity contribution is 9.11. The molecule has 2 rings (SSSR count). The van der Waals surface area contributed by atoms with Crippen LogP contribution in [0.5, 0.6) is 5.75 Å². The maximum absolute atomic E-state index is 9.23. The second-order valence-electron chi connectivity index (χ2n) is 5.33. The number of aliphatic hydroxyl groups is 1. The summed E-state index contributed by atoms with van der Waals surface area (Å²) in [4.78, 5) is 0. The van der Waals surface area contributed by atoms with Gasteiger partial charge in [-0.1, -0.05) is 37.3 Å². The first-order chi connectivity index (χ1) is 11.1. The number of rotatable bonds is 8. The van der Waals surface area contributed by atoms with E-state index in [-0.39, 0.29) is 12.6 Å². The lowest BCUT2D eigenvalue weighted by atomic mass is 10.2. The van der Waals surface area contributed by atoms with Crippen LogP contribution in [0.25, 0.3) is 0 Å². The summed E-state index contributed by atoms with van der Waals surface area (Å²) in [5, 5.41) is 12.6. The minimum atomic E-state index is 0.126. The summed E-state index contributed by atoms with van der Waals surface area (Å²) < 4.78 is 7.75. The van der Waals surface area contributed by atoms with Crippen LogP contribution in [0, 0.1) is 0 Å². The van der Waals surface area contributed by atoms with E-state index < -0.39 is 0 Å². The average molecular weight is 443 g/mol. The van der Waals surface area contributed by atoms with Crippen molar-refractivity contribution >= 4 is 31.9 Å². The van der Waals surface area contributed by atoms with Crippen LogP contribution < -0.4 is 10.1 Å². The molecule has 0 bridgehead atoms. The van der Waals surface area contributed by atoms with Crippen molar-refractivity contribution in [3.8, 4) is 5.75 Å². The van der Waals surface area contributed by atoms with Crippen LogP contribution in [0.1, 0.15) is 24.5 Å². The lowest BCUT2D eigenvalue weighted by Crippen LogP contribution is -2.31. The molecule has 23 heavy (non-hydrogen) atoms. The van der Waals surface area contributed by atoms with Gasteiger partial charge in [0.15, 0.2) is 0 Å². The van der Waals surface area contributed by atoms with E-state index in [0.29, 0.717) is 13.2 Å². The van der Waals surface area contributed by atoms with Crippen molar-refractivity contribution in [2.45, 2.75) is 32.5 Å². The van der Waals surface area contributed by atoms with Crippen molar-refractivity contribution in [3.63, 3.8) is 0 Å². The standard InChI is InChI=1S/C18H21Br2NO2/c1-2-15(11-22)21-10-14-8-16(19)18(17(20)9-14)23-12-13-6-4-3-5-7-13/h3-9,15,21-22H,2,10-12H2,1H3/t15-/m0/s1. The summed E-state index contributed by atoms with van der Waals surface area (Å²) in [5.74, 6) is 0.798. The van der Waals surface area contributed by atoms with Crippen LogP contribution in [0.4, 0.5) is 0 Å². The summed E-state index contributed by atoms with van der Waals surface area (Å²) in [5.41, 5.74) is 2.26. The van der Waals surface area contributed by atoms with Gasteiger partial charge in [-0.25, -0.2) is 0 Å². The fourth-order valence-corrected chi connectivity index (χ4v) is 3.69. The van der Waals surface area contributed by atoms with Crippen molar-refractivity contribution in [1.82, 2.24) is 5.32 Å². The van der Waals surface area contributed by atoms with Gasteiger partial charge < -0.3 is 15.2 Å². The lowest BCUT2D eigenvalue weighted by Gasteiger charge is -2.16. The van der Waals surface area contributed by atoms with Gasteiger partial charge in [-0.05, 0) is 61.5 Å². The van der Waals surface area contributed by atoms with Gasteiger partial charge in [0.1, 0.15) is 12.4 Å². The minimum absolute atomic E-state index is 0.126. The molecular formula is C18H21Br2NO2. The van der Waals surface area contributed by atoms with E-state index in [2.05, 4.69) is 44.1 Å². The molecule has 3 nitrogen and oxygen atoms in total. The van der Waals surface area contributed by atoms with Gasteiger partial charge in [-0.3, -0.25) is 0 Å². The molecule has 0 aliphatic carbocycles. The molecule has 2 aromatic carbocycles. The normalized spacial score (nSPS) is 12.2. The Labute approximate surface area is 154 Å². The molecule has 0 saturated heterocycles. The van der Waals surface area contributed by atoms with Crippen molar-refractivity contribution in [1.29, 1.82) is 0 Å². The summed E-state index contributed by atoms with van der Waals surface area (Å²) in [6.45, 7) is 3.44. The molecular weight excluding hydrogens is 422 g/mol.